The summed E-state index contributed by atoms with van der Waals surface area (Å²) in [7, 11) is -3.54. The van der Waals surface area contributed by atoms with Crippen molar-refractivity contribution in [3.63, 3.8) is 0 Å². The van der Waals surface area contributed by atoms with Crippen molar-refractivity contribution in [2.45, 2.75) is 59.0 Å². The number of carbonyl (C=O) groups is 2. The van der Waals surface area contributed by atoms with E-state index < -0.39 is 16.1 Å². The summed E-state index contributed by atoms with van der Waals surface area (Å²) >= 11 is 0. The van der Waals surface area contributed by atoms with Gasteiger partial charge in [-0.3, -0.25) is 13.9 Å². The second-order valence-electron chi connectivity index (χ2n) is 10.2. The monoisotopic (exact) mass is 563 g/mol. The van der Waals surface area contributed by atoms with Crippen LogP contribution in [-0.2, 0) is 32.6 Å². The van der Waals surface area contributed by atoms with Crippen LogP contribution in [0.15, 0.2) is 78.9 Å². The van der Waals surface area contributed by atoms with Gasteiger partial charge in [0.2, 0.25) is 21.8 Å². The molecule has 7 nitrogen and oxygen atoms in total. The van der Waals surface area contributed by atoms with Crippen molar-refractivity contribution in [1.29, 1.82) is 0 Å². The van der Waals surface area contributed by atoms with Gasteiger partial charge in [0.15, 0.2) is 0 Å². The maximum atomic E-state index is 13.9. The first kappa shape index (κ1) is 30.9. The van der Waals surface area contributed by atoms with Crippen molar-refractivity contribution in [2.75, 3.05) is 23.7 Å². The highest BCUT2D eigenvalue weighted by Crippen LogP contribution is 2.21. The summed E-state index contributed by atoms with van der Waals surface area (Å²) in [6.45, 7) is 6.87. The molecule has 40 heavy (non-hydrogen) atoms. The Balaban J connectivity index is 1.88. The second kappa shape index (κ2) is 14.7. The highest BCUT2D eigenvalue weighted by molar-refractivity contribution is 7.92. The van der Waals surface area contributed by atoms with E-state index in [1.807, 2.05) is 93.6 Å². The van der Waals surface area contributed by atoms with Crippen LogP contribution in [0, 0.1) is 13.8 Å². The minimum atomic E-state index is -3.54. The van der Waals surface area contributed by atoms with Gasteiger partial charge in [-0.1, -0.05) is 73.7 Å². The van der Waals surface area contributed by atoms with Gasteiger partial charge in [-0.15, -0.1) is 0 Å². The highest BCUT2D eigenvalue weighted by Gasteiger charge is 2.30. The number of carbonyl (C=O) groups excluding carboxylic acids is 2. The Morgan fingerprint density at radius 2 is 1.62 bits per heavy atom. The molecule has 1 atom stereocenters. The van der Waals surface area contributed by atoms with Crippen LogP contribution >= 0.6 is 0 Å². The van der Waals surface area contributed by atoms with Crippen LogP contribution in [-0.4, -0.2) is 50.5 Å². The molecule has 0 spiro atoms. The van der Waals surface area contributed by atoms with E-state index in [0.717, 1.165) is 28.7 Å². The molecule has 8 heteroatoms. The summed E-state index contributed by atoms with van der Waals surface area (Å²) in [4.78, 5) is 29.0. The Kier molecular flexibility index (Phi) is 11.3. The van der Waals surface area contributed by atoms with Gasteiger partial charge in [0.05, 0.1) is 11.9 Å². The van der Waals surface area contributed by atoms with Crippen LogP contribution in [0.4, 0.5) is 5.69 Å². The van der Waals surface area contributed by atoms with Crippen LogP contribution < -0.4 is 9.62 Å². The van der Waals surface area contributed by atoms with E-state index in [1.54, 1.807) is 11.0 Å². The molecular weight excluding hydrogens is 522 g/mol. The van der Waals surface area contributed by atoms with Crippen molar-refractivity contribution in [2.24, 2.45) is 0 Å². The Bertz CT molecular complexity index is 1380. The van der Waals surface area contributed by atoms with Gasteiger partial charge in [0, 0.05) is 32.5 Å². The van der Waals surface area contributed by atoms with Crippen LogP contribution in [0.25, 0.3) is 0 Å². The first-order chi connectivity index (χ1) is 19.1. The van der Waals surface area contributed by atoms with Crippen molar-refractivity contribution in [3.05, 3.63) is 101 Å². The van der Waals surface area contributed by atoms with E-state index in [2.05, 4.69) is 5.32 Å². The Morgan fingerprint density at radius 3 is 2.27 bits per heavy atom. The first-order valence-corrected chi connectivity index (χ1v) is 15.6. The van der Waals surface area contributed by atoms with Gasteiger partial charge in [-0.2, -0.15) is 0 Å². The van der Waals surface area contributed by atoms with E-state index in [4.69, 9.17) is 0 Å². The van der Waals surface area contributed by atoms with Crippen LogP contribution in [0.5, 0.6) is 0 Å². The smallest absolute Gasteiger partial charge is 0.243 e. The fraction of sp³-hybridized carbons (Fsp3) is 0.375. The molecular formula is C32H41N3O4S. The number of aryl methyl sites for hydroxylation is 2. The summed E-state index contributed by atoms with van der Waals surface area (Å²) < 4.78 is 26.6. The van der Waals surface area contributed by atoms with Crippen molar-refractivity contribution >= 4 is 27.5 Å². The molecule has 0 aliphatic heterocycles. The number of hydrogen-bond donors (Lipinski definition) is 1. The average Bonchev–Trinajstić information content (AvgIpc) is 2.92. The summed E-state index contributed by atoms with van der Waals surface area (Å²) in [5.41, 5.74) is 4.50. The molecule has 3 aromatic carbocycles. The molecule has 1 N–H and O–H groups in total. The number of benzene rings is 3. The van der Waals surface area contributed by atoms with Crippen LogP contribution in [0.2, 0.25) is 0 Å². The fourth-order valence-corrected chi connectivity index (χ4v) is 5.64. The summed E-state index contributed by atoms with van der Waals surface area (Å²) in [6, 6.07) is 24.1. The minimum absolute atomic E-state index is 0.107. The first-order valence-electron chi connectivity index (χ1n) is 13.8. The molecule has 3 rings (SSSR count). The van der Waals surface area contributed by atoms with E-state index >= 15 is 0 Å². The number of sulfonamides is 1. The Labute approximate surface area is 239 Å². The minimum Gasteiger partial charge on any atom is -0.354 e. The lowest BCUT2D eigenvalue weighted by molar-refractivity contribution is -0.141. The average molecular weight is 564 g/mol. The van der Waals surface area contributed by atoms with Gasteiger partial charge < -0.3 is 10.2 Å². The zero-order valence-electron chi connectivity index (χ0n) is 24.0. The topological polar surface area (TPSA) is 86.8 Å². The predicted octanol–water partition coefficient (Wildman–Crippen LogP) is 5.02. The van der Waals surface area contributed by atoms with Gasteiger partial charge in [0.1, 0.15) is 6.04 Å². The third kappa shape index (κ3) is 8.95. The quantitative estimate of drug-likeness (QED) is 0.299. The number of hydrogen-bond acceptors (Lipinski definition) is 4. The van der Waals surface area contributed by atoms with E-state index in [1.165, 1.54) is 10.6 Å². The summed E-state index contributed by atoms with van der Waals surface area (Å²) in [5, 5.41) is 2.99. The SMILES string of the molecule is CCCNC(=O)C(Cc1ccccc1)N(Cc1ccccc1C)C(=O)CCCN(c1cccc(C)c1)S(C)(=O)=O. The second-order valence-corrected chi connectivity index (χ2v) is 12.1. The number of anilines is 1. The molecule has 0 aliphatic carbocycles. The van der Waals surface area contributed by atoms with Crippen molar-refractivity contribution < 1.29 is 18.0 Å². The van der Waals surface area contributed by atoms with Gasteiger partial charge in [-0.05, 0) is 61.1 Å². The van der Waals surface area contributed by atoms with Gasteiger partial charge in [0.25, 0.3) is 0 Å². The molecule has 0 radical (unpaired) electrons. The Morgan fingerprint density at radius 1 is 0.925 bits per heavy atom. The number of nitrogens with one attached hydrogen (secondary N) is 1. The molecule has 0 heterocycles. The van der Waals surface area contributed by atoms with E-state index in [-0.39, 0.29) is 31.3 Å². The summed E-state index contributed by atoms with van der Waals surface area (Å²) in [5.74, 6) is -0.376. The van der Waals surface area contributed by atoms with Crippen LogP contribution in [0.1, 0.15) is 48.4 Å². The van der Waals surface area contributed by atoms with E-state index in [0.29, 0.717) is 25.1 Å². The van der Waals surface area contributed by atoms with Gasteiger partial charge >= 0.3 is 0 Å². The molecule has 0 saturated heterocycles. The summed E-state index contributed by atoms with van der Waals surface area (Å²) in [6.07, 6.45) is 2.77. The lowest BCUT2D eigenvalue weighted by atomic mass is 10.0. The molecule has 0 fully saturated rings. The molecule has 0 saturated carbocycles. The zero-order valence-corrected chi connectivity index (χ0v) is 24.8. The fourth-order valence-electron chi connectivity index (χ4n) is 4.68. The third-order valence-electron chi connectivity index (χ3n) is 6.86. The maximum Gasteiger partial charge on any atom is 0.243 e. The molecule has 0 aliphatic rings. The standard InChI is InChI=1S/C32H41N3O4S/c1-5-20-33-32(37)30(23-27-15-7-6-8-16-27)34(24-28-17-10-9-14-26(28)3)31(36)19-12-21-35(40(4,38)39)29-18-11-13-25(2)22-29/h6-11,13-18,22,30H,5,12,19-21,23-24H2,1-4H3,(H,33,37). The zero-order chi connectivity index (χ0) is 29.1. The number of rotatable bonds is 14. The largest absolute Gasteiger partial charge is 0.354 e. The molecule has 2 amide bonds. The maximum absolute atomic E-state index is 13.9. The predicted molar refractivity (Wildman–Crippen MR) is 162 cm³/mol. The molecule has 214 valence electrons. The van der Waals surface area contributed by atoms with E-state index in [9.17, 15) is 18.0 Å². The van der Waals surface area contributed by atoms with Gasteiger partial charge in [-0.25, -0.2) is 8.42 Å². The third-order valence-corrected chi connectivity index (χ3v) is 8.06. The number of nitrogens with zero attached hydrogens (tertiary/aromatic N) is 2. The normalized spacial score (nSPS) is 12.0. The molecule has 0 bridgehead atoms. The number of amides is 2. The van der Waals surface area contributed by atoms with Crippen molar-refractivity contribution in [1.82, 2.24) is 10.2 Å². The molecule has 0 aromatic heterocycles. The highest BCUT2D eigenvalue weighted by atomic mass is 32.2. The lowest BCUT2D eigenvalue weighted by Crippen LogP contribution is -2.50. The lowest BCUT2D eigenvalue weighted by Gasteiger charge is -2.32. The van der Waals surface area contributed by atoms with Crippen LogP contribution in [0.3, 0.4) is 0 Å². The molecule has 3 aromatic rings. The molecule has 1 unspecified atom stereocenters. The Hall–Kier alpha value is -3.65. The van der Waals surface area contributed by atoms with Crippen molar-refractivity contribution in [3.8, 4) is 0 Å².